The van der Waals surface area contributed by atoms with Crippen LogP contribution in [-0.2, 0) is 72.1 Å². The van der Waals surface area contributed by atoms with Gasteiger partial charge in [0.1, 0.15) is 49.4 Å². The lowest BCUT2D eigenvalue weighted by Crippen LogP contribution is -2.49. The summed E-state index contributed by atoms with van der Waals surface area (Å²) in [6, 6.07) is 19.4. The predicted octanol–water partition coefficient (Wildman–Crippen LogP) is 14.5. The van der Waals surface area contributed by atoms with Gasteiger partial charge in [-0.2, -0.15) is 36.9 Å². The third-order valence-corrected chi connectivity index (χ3v) is 18.9. The van der Waals surface area contributed by atoms with Crippen molar-refractivity contribution in [3.63, 3.8) is 0 Å². The van der Waals surface area contributed by atoms with E-state index in [1.165, 1.54) is 96.4 Å². The lowest BCUT2D eigenvalue weighted by atomic mass is 9.86. The Morgan fingerprint density at radius 1 is 0.531 bits per heavy atom. The van der Waals surface area contributed by atoms with Gasteiger partial charge in [-0.1, -0.05) is 39.3 Å². The molecule has 0 saturated heterocycles. The molecule has 0 aliphatic heterocycles. The molecule has 4 aromatic carbocycles. The van der Waals surface area contributed by atoms with Gasteiger partial charge in [-0.25, -0.2) is 29.1 Å². The highest BCUT2D eigenvalue weighted by molar-refractivity contribution is 6.76. The van der Waals surface area contributed by atoms with Crippen molar-refractivity contribution in [1.82, 2.24) is 28.2 Å². The molecule has 0 aliphatic carbocycles. The summed E-state index contributed by atoms with van der Waals surface area (Å²) >= 11 is 0. The summed E-state index contributed by atoms with van der Waals surface area (Å²) in [5.41, 5.74) is -8.02. The molecule has 0 radical (unpaired) electrons. The third-order valence-electron chi connectivity index (χ3n) is 15.5. The van der Waals surface area contributed by atoms with E-state index in [1.807, 2.05) is 12.1 Å². The number of aromatic nitrogens is 6. The molecule has 2 unspecified atom stereocenters. The van der Waals surface area contributed by atoms with Crippen LogP contribution in [0.4, 0.5) is 35.9 Å². The molecule has 0 N–H and O–H groups in total. The van der Waals surface area contributed by atoms with Crippen molar-refractivity contribution in [2.45, 2.75) is 155 Å². The lowest BCUT2D eigenvalue weighted by Gasteiger charge is -2.37. The van der Waals surface area contributed by atoms with Gasteiger partial charge < -0.3 is 56.5 Å². The second kappa shape index (κ2) is 29.3. The Hall–Kier alpha value is -8.79. The van der Waals surface area contributed by atoms with E-state index in [9.17, 15) is 29.7 Å². The van der Waals surface area contributed by atoms with Crippen molar-refractivity contribution in [3.05, 3.63) is 118 Å². The number of imidazole rings is 2. The van der Waals surface area contributed by atoms with Crippen LogP contribution in [0.3, 0.4) is 0 Å². The second-order valence-corrected chi connectivity index (χ2v) is 38.8. The van der Waals surface area contributed by atoms with E-state index in [0.29, 0.717) is 11.1 Å². The fourth-order valence-corrected chi connectivity index (χ4v) is 12.4. The number of nitrogens with zero attached hydrogens (tertiary/aromatic N) is 8. The zero-order chi connectivity index (χ0) is 73.1. The molecule has 0 fully saturated rings. The molecule has 0 saturated carbocycles. The quantitative estimate of drug-likeness (QED) is 0.0201. The molecule has 8 rings (SSSR count). The number of methoxy groups -OCH3 is 4. The number of fused-ring (bicyclic) bond motifs is 4. The van der Waals surface area contributed by atoms with Crippen molar-refractivity contribution in [1.29, 1.82) is 10.5 Å². The normalized spacial score (nSPS) is 13.7. The molecule has 0 spiro atoms. The molecule has 2 atom stereocenters. The maximum Gasteiger partial charge on any atom is 0.429 e. The first kappa shape index (κ1) is 76.6. The first-order chi connectivity index (χ1) is 45.5. The predicted molar refractivity (Wildman–Crippen MR) is 356 cm³/mol. The van der Waals surface area contributed by atoms with Crippen molar-refractivity contribution >= 4 is 84.1 Å². The molecule has 528 valence electrons. The fraction of sp³-hybridized carbons (Fsp3) is 0.471. The summed E-state index contributed by atoms with van der Waals surface area (Å²) < 4.78 is 157. The Kier molecular flexibility index (Phi) is 22.9. The van der Waals surface area contributed by atoms with Gasteiger partial charge >= 0.3 is 36.5 Å². The standard InChI is InChI=1S/2C34H41F3N4O7Si/c1-21-16-26(44-5)28(23-12-13-40(29(21)23)31(43)48-32(2,3)4)33(34(35,36)37,47-19-27(42)45-6)30-39-24-17-22(18-38)10-11-25(24)41(30)20-46-14-15-49(7,8)9;1-21-16-26(44-5)28(23-12-13-40(29(21)23)31(43)48-32(2,3)4)33(34(35,36)37,47-19-27(42)45-6)30-39-24-11-10-22(18-38)17-25(24)41(30)20-46-14-15-49(7,8)9/h2*10-13,16-17H,14-15,19-20H2,1-9H3. The zero-order valence-corrected chi connectivity index (χ0v) is 60.1. The number of aryl methyl sites for hydroxylation is 2. The number of alkyl halides is 6. The van der Waals surface area contributed by atoms with E-state index in [-0.39, 0.29) is 93.2 Å². The molecule has 30 heteroatoms. The maximum absolute atomic E-state index is 16.3. The van der Waals surface area contributed by atoms with Gasteiger partial charge in [0.05, 0.1) is 95.9 Å². The van der Waals surface area contributed by atoms with Crippen molar-refractivity contribution in [3.8, 4) is 23.6 Å². The van der Waals surface area contributed by atoms with Gasteiger partial charge in [0, 0.05) is 52.5 Å². The van der Waals surface area contributed by atoms with Crippen LogP contribution in [-0.4, -0.2) is 147 Å². The van der Waals surface area contributed by atoms with Crippen LogP contribution < -0.4 is 9.47 Å². The largest absolute Gasteiger partial charge is 0.496 e. The van der Waals surface area contributed by atoms with Gasteiger partial charge in [-0.3, -0.25) is 9.13 Å². The molecule has 98 heavy (non-hydrogen) atoms. The summed E-state index contributed by atoms with van der Waals surface area (Å²) in [6.07, 6.45) is -9.67. The van der Waals surface area contributed by atoms with E-state index in [0.717, 1.165) is 35.4 Å². The summed E-state index contributed by atoms with van der Waals surface area (Å²) in [4.78, 5) is 60.5. The third kappa shape index (κ3) is 16.3. The Morgan fingerprint density at radius 3 is 1.29 bits per heavy atom. The first-order valence-corrected chi connectivity index (χ1v) is 38.3. The molecule has 0 bridgehead atoms. The van der Waals surface area contributed by atoms with E-state index in [1.54, 1.807) is 55.4 Å². The highest BCUT2D eigenvalue weighted by atomic mass is 28.3. The van der Waals surface area contributed by atoms with Crippen molar-refractivity contribution < 1.29 is 92.9 Å². The number of esters is 2. The molecule has 22 nitrogen and oxygen atoms in total. The number of ether oxygens (including phenoxy) is 10. The van der Waals surface area contributed by atoms with Crippen LogP contribution in [0.5, 0.6) is 11.5 Å². The SMILES string of the molecule is COC(=O)COC(c1c(OC)cc(C)c2c1ccn2C(=O)OC(C)(C)C)(c1nc2cc(C#N)ccc2n1COCC[Si](C)(C)C)C(F)(F)F.COC(=O)COC(c1c(OC)cc(C)c2c1ccn2C(=O)OC(C)(C)C)(c1nc2ccc(C#N)cc2n1COCC[Si](C)(C)C)C(F)(F)F. The number of hydrogen-bond acceptors (Lipinski definition) is 18. The van der Waals surface area contributed by atoms with Crippen LogP contribution in [0.15, 0.2) is 73.1 Å². The Balaban J connectivity index is 0.000000276. The van der Waals surface area contributed by atoms with E-state index < -0.39 is 111 Å². The van der Waals surface area contributed by atoms with Gasteiger partial charge in [0.2, 0.25) is 0 Å². The van der Waals surface area contributed by atoms with Crippen LogP contribution in [0, 0.1) is 36.5 Å². The van der Waals surface area contributed by atoms with Gasteiger partial charge in [-0.15, -0.1) is 0 Å². The molecule has 0 amide bonds. The average Bonchev–Trinajstić information content (AvgIpc) is 1.44. The second-order valence-electron chi connectivity index (χ2n) is 27.5. The summed E-state index contributed by atoms with van der Waals surface area (Å²) in [6.45, 7) is 23.6. The average molecular weight is 1410 g/mol. The number of rotatable bonds is 22. The molecular weight excluding hydrogens is 1320 g/mol. The fourth-order valence-electron chi connectivity index (χ4n) is 10.9. The number of halogens is 6. The monoisotopic (exact) mass is 1400 g/mol. The van der Waals surface area contributed by atoms with Crippen LogP contribution in [0.2, 0.25) is 51.4 Å². The van der Waals surface area contributed by atoms with Gasteiger partial charge in [0.15, 0.2) is 11.6 Å². The van der Waals surface area contributed by atoms with E-state index in [2.05, 4.69) is 49.3 Å². The van der Waals surface area contributed by atoms with Crippen LogP contribution >= 0.6 is 0 Å². The lowest BCUT2D eigenvalue weighted by molar-refractivity contribution is -0.271. The molecule has 0 aliphatic rings. The van der Waals surface area contributed by atoms with Crippen LogP contribution in [0.25, 0.3) is 43.9 Å². The number of benzene rings is 4. The van der Waals surface area contributed by atoms with Crippen molar-refractivity contribution in [2.24, 2.45) is 0 Å². The number of carbonyl (C=O) groups is 4. The molecule has 4 aromatic heterocycles. The van der Waals surface area contributed by atoms with Crippen molar-refractivity contribution in [2.75, 3.05) is 54.9 Å². The zero-order valence-electron chi connectivity index (χ0n) is 58.1. The minimum absolute atomic E-state index is 0.0618. The highest BCUT2D eigenvalue weighted by Gasteiger charge is 2.66. The minimum Gasteiger partial charge on any atom is -0.496 e. The minimum atomic E-state index is -5.32. The molecular formula is C68H82F6N8O14Si2. The Bertz CT molecular complexity index is 4220. The summed E-state index contributed by atoms with van der Waals surface area (Å²) in [5.74, 6) is -4.02. The number of hydrogen-bond donors (Lipinski definition) is 0. The molecule has 8 aromatic rings. The van der Waals surface area contributed by atoms with Crippen LogP contribution in [0.1, 0.15) is 86.6 Å². The Labute approximate surface area is 565 Å². The topological polar surface area (TPSA) is 254 Å². The Morgan fingerprint density at radius 2 is 0.918 bits per heavy atom. The smallest absolute Gasteiger partial charge is 0.429 e. The number of nitriles is 2. The maximum atomic E-state index is 16.3. The summed E-state index contributed by atoms with van der Waals surface area (Å²) in [5, 5.41) is 19.1. The van der Waals surface area contributed by atoms with Gasteiger partial charge in [-0.05, 0) is 139 Å². The van der Waals surface area contributed by atoms with Gasteiger partial charge in [0.25, 0.3) is 11.2 Å². The summed E-state index contributed by atoms with van der Waals surface area (Å²) in [7, 11) is 1.30. The van der Waals surface area contributed by atoms with E-state index in [4.69, 9.17) is 47.4 Å². The molecule has 4 heterocycles. The van der Waals surface area contributed by atoms with E-state index >= 15 is 26.3 Å². The highest BCUT2D eigenvalue weighted by Crippen LogP contribution is 2.56. The number of carbonyl (C=O) groups excluding carboxylic acids is 4. The first-order valence-electron chi connectivity index (χ1n) is 30.9.